The van der Waals surface area contributed by atoms with Crippen LogP contribution in [0, 0.1) is 5.82 Å². The Bertz CT molecular complexity index is 1090. The van der Waals surface area contributed by atoms with Crippen LogP contribution in [-0.2, 0) is 25.7 Å². The van der Waals surface area contributed by atoms with Gasteiger partial charge in [0.25, 0.3) is 0 Å². The van der Waals surface area contributed by atoms with Gasteiger partial charge < -0.3 is 4.42 Å². The highest BCUT2D eigenvalue weighted by atomic mass is 19.1. The van der Waals surface area contributed by atoms with E-state index in [9.17, 15) is 4.79 Å². The van der Waals surface area contributed by atoms with Crippen LogP contribution in [0.3, 0.4) is 0 Å². The molecule has 0 atom stereocenters. The zero-order chi connectivity index (χ0) is 24.2. The fraction of sp³-hybridized carbons (Fsp3) is 0.452. The van der Waals surface area contributed by atoms with E-state index < -0.39 is 11.4 Å². The number of hydrogen-bond acceptors (Lipinski definition) is 2. The third-order valence-corrected chi connectivity index (χ3v) is 6.62. The lowest BCUT2D eigenvalue weighted by molar-refractivity contribution is 0.452. The molecule has 34 heavy (non-hydrogen) atoms. The second-order valence-electron chi connectivity index (χ2n) is 9.37. The Morgan fingerprint density at radius 2 is 1.47 bits per heavy atom. The van der Waals surface area contributed by atoms with Crippen molar-refractivity contribution in [2.75, 3.05) is 0 Å². The summed E-state index contributed by atoms with van der Waals surface area (Å²) in [5.74, 6) is 0.222. The minimum absolute atomic E-state index is 0.0805. The molecule has 2 aromatic carbocycles. The van der Waals surface area contributed by atoms with Gasteiger partial charge >= 0.3 is 5.63 Å². The summed E-state index contributed by atoms with van der Waals surface area (Å²) in [5.41, 5.74) is 2.44. The molecule has 0 saturated carbocycles. The number of fused-ring (bicyclic) bond motifs is 1. The van der Waals surface area contributed by atoms with Crippen LogP contribution in [0.4, 0.5) is 4.39 Å². The van der Waals surface area contributed by atoms with Crippen LogP contribution < -0.4 is 5.63 Å². The van der Waals surface area contributed by atoms with Gasteiger partial charge in [-0.05, 0) is 60.2 Å². The van der Waals surface area contributed by atoms with Crippen LogP contribution in [0.1, 0.15) is 87.2 Å². The van der Waals surface area contributed by atoms with Crippen molar-refractivity contribution in [2.45, 2.75) is 90.4 Å². The van der Waals surface area contributed by atoms with Crippen molar-refractivity contribution in [3.05, 3.63) is 93.8 Å². The standard InChI is InChI=1S/C31H39FO2/c1-3-5-7-8-9-10-11-12-14-28-23-27-22-21-26(30(32)29(27)31(33)34-28)20-19-25-17-15-24(16-18-25)13-6-4-2/h4,15-18,21-23H,2-3,5-14,19-20H2,1H3. The molecule has 0 saturated heterocycles. The first kappa shape index (κ1) is 25.9. The van der Waals surface area contributed by atoms with E-state index in [-0.39, 0.29) is 5.39 Å². The molecule has 182 valence electrons. The van der Waals surface area contributed by atoms with E-state index in [0.29, 0.717) is 23.1 Å². The average Bonchev–Trinajstić information content (AvgIpc) is 2.84. The number of allylic oxidation sites excluding steroid dienone is 1. The number of hydrogen-bond donors (Lipinski definition) is 0. The summed E-state index contributed by atoms with van der Waals surface area (Å²) < 4.78 is 20.7. The van der Waals surface area contributed by atoms with Crippen molar-refractivity contribution >= 4 is 10.8 Å². The van der Waals surface area contributed by atoms with Crippen LogP contribution in [0.5, 0.6) is 0 Å². The van der Waals surface area contributed by atoms with Gasteiger partial charge in [0.1, 0.15) is 17.0 Å². The molecule has 0 aliphatic carbocycles. The van der Waals surface area contributed by atoms with E-state index in [4.69, 9.17) is 4.42 Å². The number of halogens is 1. The summed E-state index contributed by atoms with van der Waals surface area (Å²) in [6.07, 6.45) is 15.7. The second-order valence-corrected chi connectivity index (χ2v) is 9.37. The SMILES string of the molecule is C=CCCc1ccc(CCc2ccc3cc(CCCCCCCCCC)oc(=O)c3c2F)cc1. The zero-order valence-electron chi connectivity index (χ0n) is 20.7. The van der Waals surface area contributed by atoms with Gasteiger partial charge in [-0.15, -0.1) is 6.58 Å². The molecule has 0 bridgehead atoms. The molecule has 0 unspecified atom stereocenters. The second kappa shape index (κ2) is 13.9. The van der Waals surface area contributed by atoms with E-state index in [1.165, 1.54) is 44.1 Å². The first-order valence-corrected chi connectivity index (χ1v) is 13.0. The summed E-state index contributed by atoms with van der Waals surface area (Å²) in [7, 11) is 0. The normalized spacial score (nSPS) is 11.2. The Balaban J connectivity index is 1.56. The molecule has 2 nitrogen and oxygen atoms in total. The van der Waals surface area contributed by atoms with Gasteiger partial charge in [-0.2, -0.15) is 0 Å². The quantitative estimate of drug-likeness (QED) is 0.167. The van der Waals surface area contributed by atoms with Gasteiger partial charge in [0.15, 0.2) is 0 Å². The van der Waals surface area contributed by atoms with Crippen molar-refractivity contribution in [1.82, 2.24) is 0 Å². The van der Waals surface area contributed by atoms with Crippen molar-refractivity contribution in [1.29, 1.82) is 0 Å². The maximum atomic E-state index is 15.2. The maximum absolute atomic E-state index is 15.2. The highest BCUT2D eigenvalue weighted by Gasteiger charge is 2.14. The molecule has 0 fully saturated rings. The van der Waals surface area contributed by atoms with Crippen LogP contribution in [0.25, 0.3) is 10.8 Å². The zero-order valence-corrected chi connectivity index (χ0v) is 20.7. The molecule has 3 rings (SSSR count). The lowest BCUT2D eigenvalue weighted by Crippen LogP contribution is -2.07. The number of benzene rings is 2. The molecular formula is C31H39FO2. The summed E-state index contributed by atoms with van der Waals surface area (Å²) >= 11 is 0. The van der Waals surface area contributed by atoms with Crippen LogP contribution >= 0.6 is 0 Å². The van der Waals surface area contributed by atoms with Crippen molar-refractivity contribution in [2.24, 2.45) is 0 Å². The predicted octanol–water partition coefficient (Wildman–Crippen LogP) is 8.52. The van der Waals surface area contributed by atoms with Gasteiger partial charge in [-0.3, -0.25) is 0 Å². The van der Waals surface area contributed by atoms with Crippen LogP contribution in [0.2, 0.25) is 0 Å². The molecule has 1 aromatic heterocycles. The van der Waals surface area contributed by atoms with Gasteiger partial charge in [0, 0.05) is 6.42 Å². The topological polar surface area (TPSA) is 30.2 Å². The van der Waals surface area contributed by atoms with Crippen molar-refractivity contribution in [3.8, 4) is 0 Å². The maximum Gasteiger partial charge on any atom is 0.346 e. The number of aryl methyl sites for hydroxylation is 4. The monoisotopic (exact) mass is 462 g/mol. The average molecular weight is 463 g/mol. The fourth-order valence-electron chi connectivity index (χ4n) is 4.50. The predicted molar refractivity (Wildman–Crippen MR) is 141 cm³/mol. The van der Waals surface area contributed by atoms with E-state index in [2.05, 4.69) is 37.8 Å². The largest absolute Gasteiger partial charge is 0.427 e. The Hall–Kier alpha value is -2.68. The van der Waals surface area contributed by atoms with Crippen LogP contribution in [0.15, 0.2) is 64.3 Å². The molecule has 1 heterocycles. The minimum atomic E-state index is -0.557. The molecule has 3 aromatic rings. The lowest BCUT2D eigenvalue weighted by atomic mass is 9.99. The Morgan fingerprint density at radius 1 is 0.824 bits per heavy atom. The highest BCUT2D eigenvalue weighted by Crippen LogP contribution is 2.22. The first-order valence-electron chi connectivity index (χ1n) is 13.0. The van der Waals surface area contributed by atoms with E-state index in [1.807, 2.05) is 24.3 Å². The minimum Gasteiger partial charge on any atom is -0.427 e. The third kappa shape index (κ3) is 7.68. The Kier molecular flexibility index (Phi) is 10.6. The van der Waals surface area contributed by atoms with E-state index in [1.54, 1.807) is 0 Å². The molecule has 0 aliphatic rings. The molecule has 0 N–H and O–H groups in total. The van der Waals surface area contributed by atoms with Gasteiger partial charge in [0.2, 0.25) is 0 Å². The summed E-state index contributed by atoms with van der Waals surface area (Å²) in [4.78, 5) is 12.6. The lowest BCUT2D eigenvalue weighted by Gasteiger charge is -2.08. The molecule has 0 aliphatic heterocycles. The molecule has 3 heteroatoms. The van der Waals surface area contributed by atoms with Crippen molar-refractivity contribution < 1.29 is 8.81 Å². The number of rotatable bonds is 15. The van der Waals surface area contributed by atoms with Crippen molar-refractivity contribution in [3.63, 3.8) is 0 Å². The first-order chi connectivity index (χ1) is 16.6. The summed E-state index contributed by atoms with van der Waals surface area (Å²) in [6, 6.07) is 14.0. The Morgan fingerprint density at radius 3 is 2.15 bits per heavy atom. The van der Waals surface area contributed by atoms with Gasteiger partial charge in [0.05, 0.1) is 0 Å². The van der Waals surface area contributed by atoms with E-state index in [0.717, 1.165) is 44.1 Å². The molecule has 0 spiro atoms. The molecule has 0 amide bonds. The van der Waals surface area contributed by atoms with E-state index >= 15 is 4.39 Å². The third-order valence-electron chi connectivity index (χ3n) is 6.62. The Labute approximate surface area is 203 Å². The summed E-state index contributed by atoms with van der Waals surface area (Å²) in [5, 5.41) is 0.718. The highest BCUT2D eigenvalue weighted by molar-refractivity contribution is 5.82. The van der Waals surface area contributed by atoms with Gasteiger partial charge in [-0.1, -0.05) is 94.3 Å². The summed E-state index contributed by atoms with van der Waals surface area (Å²) in [6.45, 7) is 5.99. The van der Waals surface area contributed by atoms with Crippen LogP contribution in [-0.4, -0.2) is 0 Å². The fourth-order valence-corrected chi connectivity index (χ4v) is 4.50. The number of unbranched alkanes of at least 4 members (excludes halogenated alkanes) is 7. The van der Waals surface area contributed by atoms with Gasteiger partial charge in [-0.25, -0.2) is 9.18 Å². The molecular weight excluding hydrogens is 423 g/mol. The smallest absolute Gasteiger partial charge is 0.346 e. The molecule has 0 radical (unpaired) electrons.